The van der Waals surface area contributed by atoms with E-state index in [0.717, 1.165) is 0 Å². The second-order valence-corrected chi connectivity index (χ2v) is 7.40. The number of hydrogen-bond donors (Lipinski definition) is 1. The van der Waals surface area contributed by atoms with Crippen LogP contribution in [-0.2, 0) is 17.1 Å². The molecule has 0 fully saturated rings. The summed E-state index contributed by atoms with van der Waals surface area (Å²) in [5.74, 6) is 0.547. The van der Waals surface area contributed by atoms with Gasteiger partial charge in [-0.1, -0.05) is 18.2 Å². The SMILES string of the molecule is COc1ccc(S(=O)(=O)Nc2c(C)n(C)n(-c3ccccc3)c2=O)cc1. The maximum Gasteiger partial charge on any atom is 0.296 e. The Morgan fingerprint density at radius 3 is 2.19 bits per heavy atom. The standard InChI is InChI=1S/C18H19N3O4S/c1-13-17(18(22)21(20(13)2)14-7-5-4-6-8-14)19-26(23,24)16-11-9-15(25-3)10-12-16/h4-12,19H,1-3H3. The summed E-state index contributed by atoms with van der Waals surface area (Å²) in [5.41, 5.74) is 0.745. The largest absolute Gasteiger partial charge is 0.497 e. The van der Waals surface area contributed by atoms with E-state index in [-0.39, 0.29) is 10.6 Å². The Bertz CT molecular complexity index is 1080. The molecule has 0 aliphatic carbocycles. The number of anilines is 1. The van der Waals surface area contributed by atoms with Gasteiger partial charge < -0.3 is 4.74 Å². The van der Waals surface area contributed by atoms with Crippen LogP contribution in [-0.4, -0.2) is 24.9 Å². The van der Waals surface area contributed by atoms with E-state index in [0.29, 0.717) is 17.1 Å². The molecule has 1 heterocycles. The van der Waals surface area contributed by atoms with Crippen LogP contribution in [0.15, 0.2) is 64.3 Å². The van der Waals surface area contributed by atoms with Gasteiger partial charge in [-0.05, 0) is 43.3 Å². The van der Waals surface area contributed by atoms with Crippen LogP contribution in [0.5, 0.6) is 5.75 Å². The molecule has 7 nitrogen and oxygen atoms in total. The smallest absolute Gasteiger partial charge is 0.296 e. The first-order chi connectivity index (χ1) is 12.3. The first kappa shape index (κ1) is 17.8. The Morgan fingerprint density at radius 2 is 1.62 bits per heavy atom. The number of hydrogen-bond acceptors (Lipinski definition) is 4. The number of nitrogens with zero attached hydrogens (tertiary/aromatic N) is 2. The summed E-state index contributed by atoms with van der Waals surface area (Å²) in [4.78, 5) is 12.9. The van der Waals surface area contributed by atoms with Gasteiger partial charge in [-0.15, -0.1) is 0 Å². The fourth-order valence-electron chi connectivity index (χ4n) is 2.63. The Labute approximate surface area is 151 Å². The molecule has 0 saturated heterocycles. The zero-order valence-corrected chi connectivity index (χ0v) is 15.4. The van der Waals surface area contributed by atoms with Crippen LogP contribution in [0.3, 0.4) is 0 Å². The van der Waals surface area contributed by atoms with E-state index >= 15 is 0 Å². The third-order valence-electron chi connectivity index (χ3n) is 4.16. The van der Waals surface area contributed by atoms with Crippen molar-refractivity contribution < 1.29 is 13.2 Å². The highest BCUT2D eigenvalue weighted by molar-refractivity contribution is 7.92. The summed E-state index contributed by atoms with van der Waals surface area (Å²) in [7, 11) is -0.697. The molecule has 0 bridgehead atoms. The van der Waals surface area contributed by atoms with E-state index in [9.17, 15) is 13.2 Å². The summed E-state index contributed by atoms with van der Waals surface area (Å²) in [6, 6.07) is 15.0. The molecule has 0 spiro atoms. The molecule has 0 atom stereocenters. The molecule has 1 aromatic heterocycles. The lowest BCUT2D eigenvalue weighted by Gasteiger charge is -2.08. The molecule has 0 saturated carbocycles. The molecule has 0 unspecified atom stereocenters. The van der Waals surface area contributed by atoms with E-state index in [2.05, 4.69) is 4.72 Å². The topological polar surface area (TPSA) is 82.3 Å². The predicted octanol–water partition coefficient (Wildman–Crippen LogP) is 2.29. The molecular formula is C18H19N3O4S. The molecule has 136 valence electrons. The van der Waals surface area contributed by atoms with E-state index < -0.39 is 15.6 Å². The maximum absolute atomic E-state index is 12.8. The molecule has 0 aliphatic rings. The van der Waals surface area contributed by atoms with Gasteiger partial charge in [-0.2, -0.15) is 0 Å². The normalized spacial score (nSPS) is 11.3. The number of sulfonamides is 1. The maximum atomic E-state index is 12.8. The van der Waals surface area contributed by atoms with Crippen LogP contribution in [0.25, 0.3) is 5.69 Å². The molecule has 2 aromatic carbocycles. The van der Waals surface area contributed by atoms with Gasteiger partial charge in [-0.25, -0.2) is 13.1 Å². The summed E-state index contributed by atoms with van der Waals surface area (Å²) in [5, 5.41) is 0. The number of rotatable bonds is 5. The van der Waals surface area contributed by atoms with E-state index in [1.54, 1.807) is 42.9 Å². The highest BCUT2D eigenvalue weighted by Crippen LogP contribution is 2.20. The summed E-state index contributed by atoms with van der Waals surface area (Å²) in [6.45, 7) is 1.69. The number of ether oxygens (including phenoxy) is 1. The summed E-state index contributed by atoms with van der Waals surface area (Å²) < 4.78 is 35.8. The van der Waals surface area contributed by atoms with Crippen LogP contribution >= 0.6 is 0 Å². The van der Waals surface area contributed by atoms with Crippen molar-refractivity contribution >= 4 is 15.7 Å². The third kappa shape index (κ3) is 3.11. The fraction of sp³-hybridized carbons (Fsp3) is 0.167. The first-order valence-corrected chi connectivity index (χ1v) is 9.34. The van der Waals surface area contributed by atoms with Gasteiger partial charge in [0.15, 0.2) is 0 Å². The number of benzene rings is 2. The summed E-state index contributed by atoms with van der Waals surface area (Å²) >= 11 is 0. The highest BCUT2D eigenvalue weighted by atomic mass is 32.2. The number of nitrogens with one attached hydrogen (secondary N) is 1. The lowest BCUT2D eigenvalue weighted by atomic mass is 10.3. The number of aromatic nitrogens is 2. The quantitative estimate of drug-likeness (QED) is 0.744. The van der Waals surface area contributed by atoms with Crippen molar-refractivity contribution in [2.45, 2.75) is 11.8 Å². The second kappa shape index (κ2) is 6.72. The van der Waals surface area contributed by atoms with Gasteiger partial charge in [0.1, 0.15) is 11.4 Å². The van der Waals surface area contributed by atoms with Crippen LogP contribution in [0.1, 0.15) is 5.69 Å². The minimum atomic E-state index is -3.90. The summed E-state index contributed by atoms with van der Waals surface area (Å²) in [6.07, 6.45) is 0. The van der Waals surface area contributed by atoms with Gasteiger partial charge in [-0.3, -0.25) is 14.2 Å². The third-order valence-corrected chi connectivity index (χ3v) is 5.53. The Kier molecular flexibility index (Phi) is 4.60. The molecule has 1 N–H and O–H groups in total. The van der Waals surface area contributed by atoms with Crippen molar-refractivity contribution in [3.05, 3.63) is 70.6 Å². The zero-order chi connectivity index (χ0) is 18.9. The number of methoxy groups -OCH3 is 1. The minimum absolute atomic E-state index is 0.0205. The van der Waals surface area contributed by atoms with Crippen molar-refractivity contribution in [3.8, 4) is 11.4 Å². The molecule has 3 aromatic rings. The monoisotopic (exact) mass is 373 g/mol. The molecule has 3 rings (SSSR count). The van der Waals surface area contributed by atoms with Crippen LogP contribution < -0.4 is 15.0 Å². The van der Waals surface area contributed by atoms with Gasteiger partial charge in [0.2, 0.25) is 0 Å². The van der Waals surface area contributed by atoms with Crippen molar-refractivity contribution in [1.29, 1.82) is 0 Å². The molecule has 0 radical (unpaired) electrons. The van der Waals surface area contributed by atoms with E-state index in [4.69, 9.17) is 4.74 Å². The highest BCUT2D eigenvalue weighted by Gasteiger charge is 2.22. The zero-order valence-electron chi connectivity index (χ0n) is 14.6. The Morgan fingerprint density at radius 1 is 1.00 bits per heavy atom. The van der Waals surface area contributed by atoms with Gasteiger partial charge in [0, 0.05) is 7.05 Å². The molecular weight excluding hydrogens is 354 g/mol. The van der Waals surface area contributed by atoms with Crippen molar-refractivity contribution in [2.75, 3.05) is 11.8 Å². The molecule has 8 heteroatoms. The van der Waals surface area contributed by atoms with Crippen LogP contribution in [0.2, 0.25) is 0 Å². The van der Waals surface area contributed by atoms with Crippen molar-refractivity contribution in [1.82, 2.24) is 9.36 Å². The molecule has 0 amide bonds. The lowest BCUT2D eigenvalue weighted by molar-refractivity contribution is 0.414. The van der Waals surface area contributed by atoms with Crippen molar-refractivity contribution in [3.63, 3.8) is 0 Å². The van der Waals surface area contributed by atoms with E-state index in [1.807, 2.05) is 18.2 Å². The van der Waals surface area contributed by atoms with Crippen molar-refractivity contribution in [2.24, 2.45) is 7.05 Å². The molecule has 26 heavy (non-hydrogen) atoms. The molecule has 0 aliphatic heterocycles. The van der Waals surface area contributed by atoms with Gasteiger partial charge >= 0.3 is 0 Å². The van der Waals surface area contributed by atoms with Gasteiger partial charge in [0.25, 0.3) is 15.6 Å². The first-order valence-electron chi connectivity index (χ1n) is 7.86. The fourth-order valence-corrected chi connectivity index (χ4v) is 3.75. The van der Waals surface area contributed by atoms with E-state index in [1.165, 1.54) is 23.9 Å². The predicted molar refractivity (Wildman–Crippen MR) is 99.5 cm³/mol. The van der Waals surface area contributed by atoms with Gasteiger partial charge in [0.05, 0.1) is 23.4 Å². The Hall–Kier alpha value is -3.00. The second-order valence-electron chi connectivity index (χ2n) is 5.72. The van der Waals surface area contributed by atoms with Crippen LogP contribution in [0, 0.1) is 6.92 Å². The average Bonchev–Trinajstić information content (AvgIpc) is 2.85. The Balaban J connectivity index is 2.04. The van der Waals surface area contributed by atoms with Crippen LogP contribution in [0.4, 0.5) is 5.69 Å². The lowest BCUT2D eigenvalue weighted by Crippen LogP contribution is -2.23. The number of para-hydroxylation sites is 1. The average molecular weight is 373 g/mol. The minimum Gasteiger partial charge on any atom is -0.497 e.